The first kappa shape index (κ1) is 76.7. The van der Waals surface area contributed by atoms with E-state index in [9.17, 15) is 53.1 Å². The predicted octanol–water partition coefficient (Wildman–Crippen LogP) is 6.22. The number of alkyl carbamates (subject to hydrolysis) is 1. The summed E-state index contributed by atoms with van der Waals surface area (Å²) in [5.41, 5.74) is 6.89. The fourth-order valence-corrected chi connectivity index (χ4v) is 13.0. The van der Waals surface area contributed by atoms with Crippen LogP contribution < -0.4 is 37.6 Å². The van der Waals surface area contributed by atoms with Crippen molar-refractivity contribution in [1.29, 1.82) is 0 Å². The van der Waals surface area contributed by atoms with Crippen LogP contribution in [-0.2, 0) is 65.5 Å². The number of carboxylic acids is 1. The molecule has 2 aliphatic carbocycles. The number of ether oxygens (including phenoxy) is 4. The van der Waals surface area contributed by atoms with Crippen LogP contribution in [0.2, 0.25) is 0 Å². The molecule has 1 aliphatic heterocycles. The summed E-state index contributed by atoms with van der Waals surface area (Å²) in [6, 6.07) is 8.01. The van der Waals surface area contributed by atoms with E-state index in [4.69, 9.17) is 24.7 Å². The molecule has 2 aromatic carbocycles. The lowest BCUT2D eigenvalue weighted by Crippen LogP contribution is -2.60. The van der Waals surface area contributed by atoms with Crippen LogP contribution in [0.15, 0.2) is 54.6 Å². The molecule has 1 saturated carbocycles. The van der Waals surface area contributed by atoms with E-state index in [1.165, 1.54) is 31.1 Å². The Hall–Kier alpha value is -7.98. The fraction of sp³-hybridized carbons (Fsp3) is 0.652. The first-order valence-corrected chi connectivity index (χ1v) is 33.1. The van der Waals surface area contributed by atoms with Gasteiger partial charge in [0.25, 0.3) is 0 Å². The number of carbonyl (C=O) groups is 10. The van der Waals surface area contributed by atoms with Gasteiger partial charge in [-0.2, -0.15) is 0 Å². The number of hydrogen-bond acceptors (Lipinski definition) is 14. The molecule has 9 N–H and O–H groups in total. The Balaban J connectivity index is 1.18. The van der Waals surface area contributed by atoms with Gasteiger partial charge >= 0.3 is 24.2 Å². The molecule has 0 bridgehead atoms. The summed E-state index contributed by atoms with van der Waals surface area (Å²) in [5, 5.41) is 26.4. The molecule has 2 aromatic rings. The number of rotatable bonds is 35. The number of amides is 10. The zero-order valence-electron chi connectivity index (χ0n) is 57.2. The van der Waals surface area contributed by atoms with Crippen molar-refractivity contribution in [2.75, 3.05) is 53.3 Å². The molecule has 0 aromatic heterocycles. The number of likely N-dealkylation sites (N-methyl/N-ethyl adjacent to an activating group) is 2. The molecule has 5 rings (SSSR count). The highest BCUT2D eigenvalue weighted by atomic mass is 16.6. The first-order valence-electron chi connectivity index (χ1n) is 33.1. The van der Waals surface area contributed by atoms with Crippen molar-refractivity contribution in [1.82, 2.24) is 41.3 Å². The van der Waals surface area contributed by atoms with Crippen LogP contribution in [0.4, 0.5) is 20.1 Å². The van der Waals surface area contributed by atoms with Crippen LogP contribution in [0.5, 0.6) is 0 Å². The van der Waals surface area contributed by atoms with Gasteiger partial charge in [-0.1, -0.05) is 111 Å². The van der Waals surface area contributed by atoms with Crippen LogP contribution in [0.25, 0.3) is 0 Å². The molecular formula is C69H104N10O15. The van der Waals surface area contributed by atoms with Gasteiger partial charge in [-0.3, -0.25) is 33.7 Å². The van der Waals surface area contributed by atoms with E-state index in [1.807, 2.05) is 19.9 Å². The minimum atomic E-state index is -1.19. The molecular weight excluding hydrogens is 1210 g/mol. The van der Waals surface area contributed by atoms with Crippen molar-refractivity contribution in [3.05, 3.63) is 65.7 Å². The maximum atomic E-state index is 14.8. The number of fused-ring (bicyclic) bond motifs is 1. The number of carbonyl (C=O) groups excluding carboxylic acids is 9. The molecule has 14 atom stereocenters. The number of aliphatic carboxylic acids is 1. The average molecular weight is 1310 g/mol. The van der Waals surface area contributed by atoms with E-state index in [1.54, 1.807) is 109 Å². The standard InChI is InChI=1S/C69H104N10O15/c1-14-43(8)59(54(91-12)37-55(80)79-35-23-29-53(79)60(92-13)44(9)61(81)74-52(66(86)87)36-45-24-18-17-19-25-45)77(10)65(85)57(41(4)5)75-64(84)58(42(6)7)78(11)69(90)94-38-46-30-32-47(33-31-46)72-62(82)51(28-22-34-71-67(70)88)73-63(83)56(40(2)3)76-68(89)93-39-50-48-26-20-15-16-21-27-49(48)50/h17-19,24-25,30-33,40-44,48-54,56-60H,14,20-23,26-29,34-39H2,1-13H3,(H,72,82)(H,73,83)(H,74,81)(H,75,84)(H,76,89)(H,86,87)(H3,70,71,88)/t43?,44-,48-,49+,50?,51+,52+,53+,54?,56+,57+,58+,59+,60-/m1/s1. The van der Waals surface area contributed by atoms with Crippen molar-refractivity contribution in [2.45, 2.75) is 194 Å². The molecule has 25 nitrogen and oxygen atoms in total. The molecule has 520 valence electrons. The van der Waals surface area contributed by atoms with Crippen LogP contribution in [0.3, 0.4) is 0 Å². The molecule has 3 aliphatic rings. The third-order valence-corrected chi connectivity index (χ3v) is 18.6. The number of benzene rings is 2. The lowest BCUT2D eigenvalue weighted by Gasteiger charge is -2.41. The van der Waals surface area contributed by atoms with Gasteiger partial charge < -0.3 is 71.5 Å². The van der Waals surface area contributed by atoms with Crippen molar-refractivity contribution in [2.24, 2.45) is 53.1 Å². The second kappa shape index (κ2) is 37.2. The molecule has 25 heteroatoms. The van der Waals surface area contributed by atoms with E-state index in [0.29, 0.717) is 48.9 Å². The number of urea groups is 1. The fourth-order valence-electron chi connectivity index (χ4n) is 13.0. The number of nitrogens with one attached hydrogen (secondary N) is 6. The Morgan fingerprint density at radius 2 is 1.33 bits per heavy atom. The summed E-state index contributed by atoms with van der Waals surface area (Å²) in [5.74, 6) is 1.05. The molecule has 3 unspecified atom stereocenters. The maximum absolute atomic E-state index is 14.8. The second-order valence-corrected chi connectivity index (χ2v) is 26.3. The molecule has 94 heavy (non-hydrogen) atoms. The third kappa shape index (κ3) is 22.1. The average Bonchev–Trinajstić information content (AvgIpc) is 1.60. The van der Waals surface area contributed by atoms with Gasteiger partial charge in [0.2, 0.25) is 35.4 Å². The van der Waals surface area contributed by atoms with Gasteiger partial charge in [0, 0.05) is 66.4 Å². The number of hydrogen-bond donors (Lipinski definition) is 8. The molecule has 1 saturated heterocycles. The normalized spacial score (nSPS) is 19.8. The lowest BCUT2D eigenvalue weighted by molar-refractivity contribution is -0.148. The Morgan fingerprint density at radius 3 is 1.89 bits per heavy atom. The SMILES string of the molecule is CCC(C)[C@@H](C(CC(=O)N1CCC[C@H]1[C@H](OC)[C@@H](C)C(=O)N[C@@H](Cc1ccccc1)C(=O)O)OC)N(C)C(=O)[C@@H](NC(=O)[C@H](C(C)C)N(C)C(=O)OCc1ccc(NC(=O)[C@H](CCCNC(N)=O)NC(=O)[C@@H](NC(=O)OCC2[C@H]3CCC#CCC[C@@H]23)C(C)C)cc1)C(C)C. The highest BCUT2D eigenvalue weighted by Crippen LogP contribution is 2.52. The highest BCUT2D eigenvalue weighted by Gasteiger charge is 2.50. The van der Waals surface area contributed by atoms with Gasteiger partial charge in [0.1, 0.15) is 36.8 Å². The molecule has 2 fully saturated rings. The third-order valence-electron chi connectivity index (χ3n) is 18.6. The largest absolute Gasteiger partial charge is 0.480 e. The predicted molar refractivity (Wildman–Crippen MR) is 353 cm³/mol. The summed E-state index contributed by atoms with van der Waals surface area (Å²) in [7, 11) is 5.99. The Kier molecular flexibility index (Phi) is 30.4. The van der Waals surface area contributed by atoms with E-state index in [-0.39, 0.29) is 69.1 Å². The van der Waals surface area contributed by atoms with E-state index in [0.717, 1.165) is 31.2 Å². The number of primary amides is 1. The van der Waals surface area contributed by atoms with Crippen molar-refractivity contribution >= 4 is 65.3 Å². The maximum Gasteiger partial charge on any atom is 0.410 e. The van der Waals surface area contributed by atoms with Gasteiger partial charge in [-0.25, -0.2) is 19.2 Å². The number of likely N-dealkylation sites (tertiary alicyclic amines) is 1. The Bertz CT molecular complexity index is 2920. The van der Waals surface area contributed by atoms with E-state index >= 15 is 0 Å². The monoisotopic (exact) mass is 1310 g/mol. The van der Waals surface area contributed by atoms with Crippen molar-refractivity contribution in [3.8, 4) is 11.8 Å². The summed E-state index contributed by atoms with van der Waals surface area (Å²) in [6.07, 6.45) is 2.53. The lowest BCUT2D eigenvalue weighted by atomic mass is 9.89. The second-order valence-electron chi connectivity index (χ2n) is 26.3. The van der Waals surface area contributed by atoms with Crippen molar-refractivity contribution in [3.63, 3.8) is 0 Å². The number of carboxylic acid groups (broad SMARTS) is 1. The van der Waals surface area contributed by atoms with Crippen molar-refractivity contribution < 1.29 is 72.0 Å². The van der Waals surface area contributed by atoms with Crippen LogP contribution in [-0.4, -0.2) is 182 Å². The van der Waals surface area contributed by atoms with Gasteiger partial charge in [-0.05, 0) is 103 Å². The number of nitrogens with two attached hydrogens (primary N) is 1. The summed E-state index contributed by atoms with van der Waals surface area (Å²) in [6.45, 7) is 16.7. The smallest absolute Gasteiger partial charge is 0.410 e. The number of anilines is 1. The van der Waals surface area contributed by atoms with Crippen LogP contribution in [0, 0.1) is 59.2 Å². The topological polar surface area (TPSA) is 336 Å². The van der Waals surface area contributed by atoms with E-state index < -0.39 is 126 Å². The van der Waals surface area contributed by atoms with Gasteiger partial charge in [0.05, 0.1) is 43.2 Å². The minimum absolute atomic E-state index is 0.0800. The minimum Gasteiger partial charge on any atom is -0.480 e. The molecule has 0 spiro atoms. The van der Waals surface area contributed by atoms with Crippen LogP contribution >= 0.6 is 0 Å². The van der Waals surface area contributed by atoms with Gasteiger partial charge in [-0.15, -0.1) is 11.8 Å². The van der Waals surface area contributed by atoms with Crippen LogP contribution in [0.1, 0.15) is 138 Å². The highest BCUT2D eigenvalue weighted by molar-refractivity contribution is 5.98. The molecule has 10 amide bonds. The Labute approximate surface area is 554 Å². The van der Waals surface area contributed by atoms with Gasteiger partial charge in [0.15, 0.2) is 0 Å². The summed E-state index contributed by atoms with van der Waals surface area (Å²) >= 11 is 0. The Morgan fingerprint density at radius 1 is 0.702 bits per heavy atom. The number of nitrogens with zero attached hydrogens (tertiary/aromatic N) is 3. The summed E-state index contributed by atoms with van der Waals surface area (Å²) in [4.78, 5) is 140. The first-order chi connectivity index (χ1) is 44.6. The zero-order valence-corrected chi connectivity index (χ0v) is 57.2. The van der Waals surface area contributed by atoms with E-state index in [2.05, 4.69) is 43.7 Å². The molecule has 1 heterocycles. The quantitative estimate of drug-likeness (QED) is 0.0281. The summed E-state index contributed by atoms with van der Waals surface area (Å²) < 4.78 is 23.3. The number of methoxy groups -OCH3 is 2. The molecule has 0 radical (unpaired) electrons. The zero-order chi connectivity index (χ0) is 69.5.